The molecule has 5 rings (SSSR count). The van der Waals surface area contributed by atoms with E-state index in [9.17, 15) is 4.79 Å². The second kappa shape index (κ2) is 9.30. The van der Waals surface area contributed by atoms with E-state index in [0.717, 1.165) is 38.3 Å². The smallest absolute Gasteiger partial charge is 0.224 e. The predicted octanol–water partition coefficient (Wildman–Crippen LogP) is 4.88. The van der Waals surface area contributed by atoms with E-state index in [2.05, 4.69) is 38.3 Å². The van der Waals surface area contributed by atoms with Crippen LogP contribution in [0.15, 0.2) is 95.2 Å². The maximum atomic E-state index is 12.7. The first-order valence-electron chi connectivity index (χ1n) is 10.6. The Morgan fingerprint density at radius 1 is 0.970 bits per heavy atom. The number of para-hydroxylation sites is 3. The van der Waals surface area contributed by atoms with Crippen molar-refractivity contribution in [2.24, 2.45) is 7.05 Å². The maximum Gasteiger partial charge on any atom is 0.224 e. The van der Waals surface area contributed by atoms with Crippen LogP contribution in [0.5, 0.6) is 0 Å². The van der Waals surface area contributed by atoms with Crippen molar-refractivity contribution in [3.05, 3.63) is 91.0 Å². The number of aromatic nitrogens is 5. The first kappa shape index (κ1) is 21.0. The highest BCUT2D eigenvalue weighted by Crippen LogP contribution is 2.26. The maximum absolute atomic E-state index is 12.7. The summed E-state index contributed by atoms with van der Waals surface area (Å²) in [5, 5.41) is 11.8. The highest BCUT2D eigenvalue weighted by atomic mass is 32.2. The molecule has 0 aliphatic rings. The molecule has 7 nitrogen and oxygen atoms in total. The number of benzene rings is 3. The molecular weight excluding hydrogens is 432 g/mol. The molecule has 0 aliphatic carbocycles. The minimum absolute atomic E-state index is 0.0460. The topological polar surface area (TPSA) is 77.6 Å². The predicted molar refractivity (Wildman–Crippen MR) is 130 cm³/mol. The van der Waals surface area contributed by atoms with Gasteiger partial charge in [-0.05, 0) is 60.3 Å². The number of nitrogens with one attached hydrogen (secondary N) is 1. The fraction of sp³-hybridized carbons (Fsp3) is 0.120. The largest absolute Gasteiger partial charge is 0.326 e. The minimum atomic E-state index is -0.0460. The van der Waals surface area contributed by atoms with Gasteiger partial charge in [0.05, 0.1) is 11.0 Å². The van der Waals surface area contributed by atoms with Crippen molar-refractivity contribution in [1.82, 2.24) is 24.3 Å². The monoisotopic (exact) mass is 454 g/mol. The van der Waals surface area contributed by atoms with Crippen LogP contribution in [0.4, 0.5) is 5.69 Å². The first-order valence-corrected chi connectivity index (χ1v) is 11.4. The molecule has 0 unspecified atom stereocenters. The third-order valence-electron chi connectivity index (χ3n) is 5.24. The van der Waals surface area contributed by atoms with Crippen molar-refractivity contribution in [3.63, 3.8) is 0 Å². The van der Waals surface area contributed by atoms with Crippen LogP contribution in [0.1, 0.15) is 12.2 Å². The summed E-state index contributed by atoms with van der Waals surface area (Å²) in [6.07, 6.45) is 2.55. The van der Waals surface area contributed by atoms with Crippen LogP contribution in [-0.2, 0) is 18.3 Å². The van der Waals surface area contributed by atoms with Crippen LogP contribution in [0.2, 0.25) is 0 Å². The quantitative estimate of drug-likeness (QED) is 0.379. The molecule has 0 aliphatic heterocycles. The molecule has 33 heavy (non-hydrogen) atoms. The Hall–Kier alpha value is -3.91. The van der Waals surface area contributed by atoms with Gasteiger partial charge in [0.15, 0.2) is 5.16 Å². The fourth-order valence-electron chi connectivity index (χ4n) is 3.63. The van der Waals surface area contributed by atoms with Crippen molar-refractivity contribution in [2.75, 3.05) is 5.32 Å². The van der Waals surface area contributed by atoms with Crippen LogP contribution >= 0.6 is 11.8 Å². The highest BCUT2D eigenvalue weighted by Gasteiger charge is 2.14. The molecular formula is C25H22N6OS. The van der Waals surface area contributed by atoms with Gasteiger partial charge in [-0.25, -0.2) is 4.98 Å². The zero-order chi connectivity index (χ0) is 22.6. The van der Waals surface area contributed by atoms with Crippen molar-refractivity contribution < 1.29 is 4.79 Å². The van der Waals surface area contributed by atoms with Gasteiger partial charge < -0.3 is 9.88 Å². The molecule has 0 fully saturated rings. The van der Waals surface area contributed by atoms with Gasteiger partial charge in [-0.1, -0.05) is 30.3 Å². The highest BCUT2D eigenvalue weighted by molar-refractivity contribution is 7.99. The van der Waals surface area contributed by atoms with Gasteiger partial charge in [0, 0.05) is 36.2 Å². The Kier molecular flexibility index (Phi) is 5.91. The van der Waals surface area contributed by atoms with E-state index in [1.807, 2.05) is 72.3 Å². The van der Waals surface area contributed by atoms with Crippen LogP contribution in [-0.4, -0.2) is 30.2 Å². The number of anilines is 1. The summed E-state index contributed by atoms with van der Waals surface area (Å²) in [7, 11) is 1.91. The van der Waals surface area contributed by atoms with Gasteiger partial charge in [0.1, 0.15) is 12.2 Å². The molecule has 3 aromatic carbocycles. The van der Waals surface area contributed by atoms with E-state index in [1.54, 1.807) is 6.33 Å². The summed E-state index contributed by atoms with van der Waals surface area (Å²) >= 11 is 1.52. The van der Waals surface area contributed by atoms with E-state index in [-0.39, 0.29) is 5.91 Å². The second-order valence-corrected chi connectivity index (χ2v) is 8.63. The Morgan fingerprint density at radius 3 is 2.48 bits per heavy atom. The third kappa shape index (κ3) is 4.65. The molecule has 5 aromatic rings. The number of carbonyl (C=O) groups is 1. The molecule has 0 saturated carbocycles. The number of fused-ring (bicyclic) bond motifs is 1. The van der Waals surface area contributed by atoms with Gasteiger partial charge in [-0.3, -0.25) is 9.36 Å². The lowest BCUT2D eigenvalue weighted by molar-refractivity contribution is -0.116. The molecule has 0 radical (unpaired) electrons. The molecule has 1 amide bonds. The zero-order valence-corrected chi connectivity index (χ0v) is 18.9. The van der Waals surface area contributed by atoms with Crippen LogP contribution in [0.25, 0.3) is 16.7 Å². The van der Waals surface area contributed by atoms with Crippen molar-refractivity contribution in [2.45, 2.75) is 22.9 Å². The van der Waals surface area contributed by atoms with E-state index in [4.69, 9.17) is 4.98 Å². The average molecular weight is 455 g/mol. The zero-order valence-electron chi connectivity index (χ0n) is 18.0. The van der Waals surface area contributed by atoms with E-state index in [1.165, 1.54) is 11.8 Å². The van der Waals surface area contributed by atoms with Crippen molar-refractivity contribution in [1.29, 1.82) is 0 Å². The lowest BCUT2D eigenvalue weighted by Crippen LogP contribution is -2.13. The van der Waals surface area contributed by atoms with Crippen molar-refractivity contribution in [3.8, 4) is 5.69 Å². The lowest BCUT2D eigenvalue weighted by Gasteiger charge is -2.10. The first-order chi connectivity index (χ1) is 16.2. The Morgan fingerprint density at radius 2 is 1.73 bits per heavy atom. The summed E-state index contributed by atoms with van der Waals surface area (Å²) in [5.74, 6) is 0.823. The minimum Gasteiger partial charge on any atom is -0.326 e. The van der Waals surface area contributed by atoms with E-state index in [0.29, 0.717) is 12.8 Å². The Labute approximate surface area is 195 Å². The number of carbonyl (C=O) groups excluding carboxylic acids is 1. The molecule has 2 aromatic heterocycles. The molecule has 164 valence electrons. The molecule has 8 heteroatoms. The summed E-state index contributed by atoms with van der Waals surface area (Å²) in [6, 6.07) is 25.9. The molecule has 1 N–H and O–H groups in total. The number of nitrogens with zero attached hydrogens (tertiary/aromatic N) is 5. The Bertz CT molecular complexity index is 1390. The summed E-state index contributed by atoms with van der Waals surface area (Å²) in [5.41, 5.74) is 3.76. The second-order valence-electron chi connectivity index (χ2n) is 7.59. The summed E-state index contributed by atoms with van der Waals surface area (Å²) < 4.78 is 3.99. The number of hydrogen-bond acceptors (Lipinski definition) is 5. The Balaban J connectivity index is 1.26. The third-order valence-corrected chi connectivity index (χ3v) is 6.30. The molecule has 0 spiro atoms. The van der Waals surface area contributed by atoms with Crippen LogP contribution in [0.3, 0.4) is 0 Å². The molecule has 0 bridgehead atoms. The lowest BCUT2D eigenvalue weighted by atomic mass is 10.2. The number of rotatable bonds is 7. The number of amides is 1. The van der Waals surface area contributed by atoms with E-state index < -0.39 is 0 Å². The number of hydrogen-bond donors (Lipinski definition) is 1. The average Bonchev–Trinajstić information content (AvgIpc) is 3.42. The van der Waals surface area contributed by atoms with Gasteiger partial charge in [-0.15, -0.1) is 10.2 Å². The molecule has 0 atom stereocenters. The molecule has 0 saturated heterocycles. The van der Waals surface area contributed by atoms with E-state index >= 15 is 0 Å². The van der Waals surface area contributed by atoms with Gasteiger partial charge >= 0.3 is 0 Å². The van der Waals surface area contributed by atoms with Crippen LogP contribution < -0.4 is 5.32 Å². The number of aryl methyl sites for hydroxylation is 2. The van der Waals surface area contributed by atoms with Crippen molar-refractivity contribution >= 4 is 34.4 Å². The SMILES string of the molecule is Cn1cnnc1Sc1ccc(NC(=O)CCc2nc3ccccc3n2-c2ccccc2)cc1. The van der Waals surface area contributed by atoms with Gasteiger partial charge in [0.25, 0.3) is 0 Å². The molecule has 2 heterocycles. The summed E-state index contributed by atoms with van der Waals surface area (Å²) in [6.45, 7) is 0. The standard InChI is InChI=1S/C25H22N6OS/c1-30-17-26-29-25(30)33-20-13-11-18(12-14-20)27-24(32)16-15-23-28-21-9-5-6-10-22(21)31(23)19-7-3-2-4-8-19/h2-14,17H,15-16H2,1H3,(H,27,32). The normalized spacial score (nSPS) is 11.1. The van der Waals surface area contributed by atoms with Crippen LogP contribution in [0, 0.1) is 0 Å². The summed E-state index contributed by atoms with van der Waals surface area (Å²) in [4.78, 5) is 18.5. The van der Waals surface area contributed by atoms with Gasteiger partial charge in [-0.2, -0.15) is 0 Å². The fourth-order valence-corrected chi connectivity index (χ4v) is 4.40. The number of imidazole rings is 1. The van der Waals surface area contributed by atoms with Gasteiger partial charge in [0.2, 0.25) is 5.91 Å².